The number of fused-ring (bicyclic) bond motifs is 1. The molecule has 0 radical (unpaired) electrons. The molecule has 4 fully saturated rings. The van der Waals surface area contributed by atoms with Crippen LogP contribution in [0.1, 0.15) is 44.1 Å². The zero-order valence-electron chi connectivity index (χ0n) is 14.3. The predicted octanol–water partition coefficient (Wildman–Crippen LogP) is 3.41. The van der Waals surface area contributed by atoms with Gasteiger partial charge < -0.3 is 9.88 Å². The van der Waals surface area contributed by atoms with Crippen LogP contribution in [0.15, 0.2) is 24.5 Å². The van der Waals surface area contributed by atoms with Crippen LogP contribution in [-0.4, -0.2) is 15.5 Å². The van der Waals surface area contributed by atoms with Crippen molar-refractivity contribution >= 4 is 16.9 Å². The summed E-state index contributed by atoms with van der Waals surface area (Å²) in [5.74, 6) is 2.74. The minimum absolute atomic E-state index is 0.0517. The van der Waals surface area contributed by atoms with Crippen molar-refractivity contribution in [3.05, 3.63) is 30.1 Å². The first-order valence-corrected chi connectivity index (χ1v) is 9.29. The zero-order chi connectivity index (χ0) is 16.3. The zero-order valence-corrected chi connectivity index (χ0v) is 14.3. The highest BCUT2D eigenvalue weighted by atomic mass is 16.2. The summed E-state index contributed by atoms with van der Waals surface area (Å²) in [5.41, 5.74) is 3.22. The van der Waals surface area contributed by atoms with Crippen molar-refractivity contribution in [3.8, 4) is 0 Å². The van der Waals surface area contributed by atoms with Crippen LogP contribution >= 0.6 is 0 Å². The molecule has 0 unspecified atom stereocenters. The molecule has 0 saturated heterocycles. The van der Waals surface area contributed by atoms with E-state index in [0.29, 0.717) is 12.5 Å². The van der Waals surface area contributed by atoms with Gasteiger partial charge in [0, 0.05) is 19.0 Å². The van der Waals surface area contributed by atoms with Crippen molar-refractivity contribution in [1.29, 1.82) is 0 Å². The molecule has 4 saturated carbocycles. The Balaban J connectivity index is 1.31. The molecule has 4 aliphatic carbocycles. The summed E-state index contributed by atoms with van der Waals surface area (Å²) in [6.45, 7) is 0.618. The predicted molar refractivity (Wildman–Crippen MR) is 93.2 cm³/mol. The molecule has 6 rings (SSSR count). The number of hydrogen-bond acceptors (Lipinski definition) is 2. The van der Waals surface area contributed by atoms with Gasteiger partial charge in [0.1, 0.15) is 0 Å². The van der Waals surface area contributed by atoms with E-state index in [0.717, 1.165) is 53.6 Å². The Kier molecular flexibility index (Phi) is 3.07. The summed E-state index contributed by atoms with van der Waals surface area (Å²) in [6.07, 6.45) is 9.36. The molecule has 0 aliphatic heterocycles. The molecule has 1 amide bonds. The molecule has 4 bridgehead atoms. The second-order valence-corrected chi connectivity index (χ2v) is 8.56. The van der Waals surface area contributed by atoms with Crippen molar-refractivity contribution < 1.29 is 4.79 Å². The fraction of sp³-hybridized carbons (Fsp3) is 0.600. The normalized spacial score (nSPS) is 34.0. The second kappa shape index (κ2) is 5.08. The van der Waals surface area contributed by atoms with E-state index in [1.165, 1.54) is 19.3 Å². The smallest absolute Gasteiger partial charge is 0.226 e. The first kappa shape index (κ1) is 14.5. The Morgan fingerprint density at radius 1 is 1.21 bits per heavy atom. The summed E-state index contributed by atoms with van der Waals surface area (Å²) in [4.78, 5) is 17.4. The Hall–Kier alpha value is -1.84. The number of carbonyl (C=O) groups is 1. The quantitative estimate of drug-likeness (QED) is 0.941. The van der Waals surface area contributed by atoms with Crippen molar-refractivity contribution in [1.82, 2.24) is 14.9 Å². The number of rotatable bonds is 3. The fourth-order valence-corrected chi connectivity index (χ4v) is 6.05. The number of carbonyl (C=O) groups excluding carboxylic acids is 1. The van der Waals surface area contributed by atoms with Crippen molar-refractivity contribution in [2.45, 2.75) is 45.1 Å². The highest BCUT2D eigenvalue weighted by Crippen LogP contribution is 2.60. The molecule has 4 aliphatic rings. The highest BCUT2D eigenvalue weighted by molar-refractivity contribution is 5.83. The van der Waals surface area contributed by atoms with Crippen LogP contribution in [0, 0.1) is 23.2 Å². The molecule has 126 valence electrons. The fourth-order valence-electron chi connectivity index (χ4n) is 6.05. The first-order chi connectivity index (χ1) is 11.6. The van der Waals surface area contributed by atoms with Crippen LogP contribution in [0.2, 0.25) is 0 Å². The summed E-state index contributed by atoms with van der Waals surface area (Å²) in [5, 5.41) is 3.25. The molecule has 1 N–H and O–H groups in total. The summed E-state index contributed by atoms with van der Waals surface area (Å²) in [7, 11) is 2.00. The van der Waals surface area contributed by atoms with E-state index < -0.39 is 0 Å². The molecule has 4 nitrogen and oxygen atoms in total. The van der Waals surface area contributed by atoms with Gasteiger partial charge in [0.25, 0.3) is 0 Å². The van der Waals surface area contributed by atoms with Gasteiger partial charge in [0.15, 0.2) is 0 Å². The number of nitrogens with one attached hydrogen (secondary N) is 1. The van der Waals surface area contributed by atoms with E-state index in [1.54, 1.807) is 0 Å². The molecule has 1 aromatic carbocycles. The first-order valence-electron chi connectivity index (χ1n) is 9.29. The number of amides is 1. The number of aromatic nitrogens is 2. The van der Waals surface area contributed by atoms with Gasteiger partial charge in [0.2, 0.25) is 5.91 Å². The maximum atomic E-state index is 13.0. The molecule has 24 heavy (non-hydrogen) atoms. The third-order valence-corrected chi connectivity index (χ3v) is 6.76. The van der Waals surface area contributed by atoms with Gasteiger partial charge in [-0.2, -0.15) is 0 Å². The summed E-state index contributed by atoms with van der Waals surface area (Å²) in [6, 6.07) is 6.29. The number of benzene rings is 1. The van der Waals surface area contributed by atoms with E-state index in [-0.39, 0.29) is 5.41 Å². The number of nitrogens with zero attached hydrogens (tertiary/aromatic N) is 2. The van der Waals surface area contributed by atoms with Crippen LogP contribution in [-0.2, 0) is 18.4 Å². The number of imidazole rings is 1. The molecule has 2 aromatic rings. The van der Waals surface area contributed by atoms with Crippen LogP contribution in [0.5, 0.6) is 0 Å². The van der Waals surface area contributed by atoms with E-state index in [9.17, 15) is 4.79 Å². The summed E-state index contributed by atoms with van der Waals surface area (Å²) < 4.78 is 2.02. The van der Waals surface area contributed by atoms with Crippen molar-refractivity contribution in [2.24, 2.45) is 30.2 Å². The third-order valence-electron chi connectivity index (χ3n) is 6.76. The average Bonchev–Trinajstić information content (AvgIpc) is 2.92. The maximum Gasteiger partial charge on any atom is 0.226 e. The largest absolute Gasteiger partial charge is 0.352 e. The Bertz CT molecular complexity index is 771. The monoisotopic (exact) mass is 323 g/mol. The van der Waals surface area contributed by atoms with Gasteiger partial charge in [-0.05, 0) is 74.0 Å². The molecule has 4 heteroatoms. The van der Waals surface area contributed by atoms with Gasteiger partial charge >= 0.3 is 0 Å². The van der Waals surface area contributed by atoms with Crippen LogP contribution in [0.25, 0.3) is 11.0 Å². The summed E-state index contributed by atoms with van der Waals surface area (Å²) >= 11 is 0. The minimum Gasteiger partial charge on any atom is -0.352 e. The highest BCUT2D eigenvalue weighted by Gasteiger charge is 2.54. The lowest BCUT2D eigenvalue weighted by atomic mass is 9.49. The molecule has 0 spiro atoms. The van der Waals surface area contributed by atoms with Crippen molar-refractivity contribution in [2.75, 3.05) is 0 Å². The molecule has 1 aromatic heterocycles. The van der Waals surface area contributed by atoms with Crippen LogP contribution < -0.4 is 5.32 Å². The van der Waals surface area contributed by atoms with Crippen LogP contribution in [0.4, 0.5) is 0 Å². The van der Waals surface area contributed by atoms with E-state index in [2.05, 4.69) is 28.5 Å². The Morgan fingerprint density at radius 2 is 1.88 bits per heavy atom. The van der Waals surface area contributed by atoms with Gasteiger partial charge in [-0.25, -0.2) is 4.98 Å². The second-order valence-electron chi connectivity index (χ2n) is 8.56. The lowest BCUT2D eigenvalue weighted by Gasteiger charge is -2.55. The molecular formula is C20H25N3O. The van der Waals surface area contributed by atoms with E-state index >= 15 is 0 Å². The standard InChI is InChI=1S/C20H25N3O/c1-23-12-22-17-7-13(2-3-18(17)23)11-21-19(24)20-8-14-4-15(9-20)6-16(5-14)10-20/h2-3,7,12,14-16H,4-6,8-11H2,1H3,(H,21,24). The van der Waals surface area contributed by atoms with Gasteiger partial charge in [0.05, 0.1) is 17.4 Å². The Labute approximate surface area is 142 Å². The van der Waals surface area contributed by atoms with Crippen LogP contribution in [0.3, 0.4) is 0 Å². The van der Waals surface area contributed by atoms with Gasteiger partial charge in [-0.15, -0.1) is 0 Å². The number of aryl methyl sites for hydroxylation is 1. The maximum absolute atomic E-state index is 13.0. The minimum atomic E-state index is -0.0517. The Morgan fingerprint density at radius 3 is 2.54 bits per heavy atom. The van der Waals surface area contributed by atoms with E-state index in [4.69, 9.17) is 0 Å². The van der Waals surface area contributed by atoms with Crippen molar-refractivity contribution in [3.63, 3.8) is 0 Å². The number of hydrogen-bond donors (Lipinski definition) is 1. The third kappa shape index (κ3) is 2.19. The van der Waals surface area contributed by atoms with E-state index in [1.807, 2.05) is 17.9 Å². The lowest BCUT2D eigenvalue weighted by molar-refractivity contribution is -0.146. The molecular weight excluding hydrogens is 298 g/mol. The SMILES string of the molecule is Cn1cnc2cc(CNC(=O)C34CC5CC(CC(C5)C3)C4)ccc21. The lowest BCUT2D eigenvalue weighted by Crippen LogP contribution is -2.53. The molecule has 1 heterocycles. The molecule has 0 atom stereocenters. The van der Waals surface area contributed by atoms with Gasteiger partial charge in [-0.1, -0.05) is 6.07 Å². The van der Waals surface area contributed by atoms with Gasteiger partial charge in [-0.3, -0.25) is 4.79 Å². The average molecular weight is 323 g/mol. The topological polar surface area (TPSA) is 46.9 Å².